The van der Waals surface area contributed by atoms with Crippen molar-refractivity contribution in [3.05, 3.63) is 59.4 Å². The van der Waals surface area contributed by atoms with Crippen LogP contribution in [0.5, 0.6) is 11.5 Å². The molecular weight excluding hydrogens is 394 g/mol. The summed E-state index contributed by atoms with van der Waals surface area (Å²) in [6.07, 6.45) is 1.61. The lowest BCUT2D eigenvalue weighted by Gasteiger charge is -2.26. The van der Waals surface area contributed by atoms with E-state index in [1.165, 1.54) is 11.6 Å². The van der Waals surface area contributed by atoms with Gasteiger partial charge in [-0.25, -0.2) is 4.98 Å². The highest BCUT2D eigenvalue weighted by atomic mass is 16.5. The van der Waals surface area contributed by atoms with Gasteiger partial charge in [0.15, 0.2) is 0 Å². The summed E-state index contributed by atoms with van der Waals surface area (Å²) >= 11 is 0. The second-order valence-corrected chi connectivity index (χ2v) is 8.20. The zero-order valence-electron chi connectivity index (χ0n) is 18.0. The minimum Gasteiger partial charge on any atom is -0.508 e. The topological polar surface area (TPSA) is 91.0 Å². The van der Waals surface area contributed by atoms with Gasteiger partial charge in [-0.2, -0.15) is 0 Å². The van der Waals surface area contributed by atoms with Gasteiger partial charge in [0.1, 0.15) is 17.3 Å². The number of hydrogen-bond acceptors (Lipinski definition) is 6. The number of hydrogen-bond donors (Lipinski definition) is 3. The highest BCUT2D eigenvalue weighted by Gasteiger charge is 2.20. The quantitative estimate of drug-likeness (QED) is 0.563. The fourth-order valence-corrected chi connectivity index (χ4v) is 3.98. The largest absolute Gasteiger partial charge is 0.508 e. The Morgan fingerprint density at radius 2 is 1.74 bits per heavy atom. The molecule has 1 fully saturated rings. The van der Waals surface area contributed by atoms with Crippen molar-refractivity contribution in [1.29, 1.82) is 0 Å². The van der Waals surface area contributed by atoms with E-state index in [9.17, 15) is 15.3 Å². The molecular formula is C24H29N3O4. The van der Waals surface area contributed by atoms with E-state index in [0.717, 1.165) is 44.1 Å². The summed E-state index contributed by atoms with van der Waals surface area (Å²) in [6.45, 7) is 8.04. The van der Waals surface area contributed by atoms with Crippen LogP contribution in [0.1, 0.15) is 36.6 Å². The van der Waals surface area contributed by atoms with Crippen LogP contribution in [0, 0.1) is 0 Å². The van der Waals surface area contributed by atoms with Gasteiger partial charge in [-0.1, -0.05) is 26.0 Å². The van der Waals surface area contributed by atoms with E-state index in [1.807, 2.05) is 30.5 Å². The monoisotopic (exact) mass is 423 g/mol. The maximum atomic E-state index is 10.5. The van der Waals surface area contributed by atoms with Gasteiger partial charge >= 0.3 is 0 Å². The normalized spacial score (nSPS) is 15.0. The van der Waals surface area contributed by atoms with E-state index in [-0.39, 0.29) is 24.0 Å². The number of phenolic OH excluding ortho intramolecular Hbond substituents is 2. The third kappa shape index (κ3) is 4.44. The Morgan fingerprint density at radius 3 is 2.39 bits per heavy atom. The van der Waals surface area contributed by atoms with Crippen molar-refractivity contribution in [2.24, 2.45) is 0 Å². The molecule has 164 valence electrons. The van der Waals surface area contributed by atoms with Gasteiger partial charge < -0.3 is 20.1 Å². The molecule has 0 unspecified atom stereocenters. The van der Waals surface area contributed by atoms with Gasteiger partial charge in [0.05, 0.1) is 37.3 Å². The smallest absolute Gasteiger partial charge is 0.148 e. The summed E-state index contributed by atoms with van der Waals surface area (Å²) in [6, 6.07) is 11.3. The van der Waals surface area contributed by atoms with Crippen molar-refractivity contribution >= 4 is 0 Å². The second-order valence-electron chi connectivity index (χ2n) is 8.20. The fraction of sp³-hybridized carbons (Fsp3) is 0.375. The summed E-state index contributed by atoms with van der Waals surface area (Å²) < 4.78 is 7.26. The van der Waals surface area contributed by atoms with Gasteiger partial charge in [0, 0.05) is 31.4 Å². The van der Waals surface area contributed by atoms with Crippen LogP contribution >= 0.6 is 0 Å². The summed E-state index contributed by atoms with van der Waals surface area (Å²) in [5.74, 6) is 0.607. The zero-order chi connectivity index (χ0) is 22.0. The van der Waals surface area contributed by atoms with Crippen LogP contribution in [-0.2, 0) is 17.9 Å². The number of morpholine rings is 1. The number of nitrogens with zero attached hydrogens (tertiary/aromatic N) is 3. The van der Waals surface area contributed by atoms with Crippen molar-refractivity contribution in [2.45, 2.75) is 32.9 Å². The number of benzene rings is 2. The number of rotatable bonds is 6. The molecule has 2 aromatic carbocycles. The third-order valence-corrected chi connectivity index (χ3v) is 5.71. The Kier molecular flexibility index (Phi) is 6.27. The molecule has 0 saturated carbocycles. The minimum atomic E-state index is -0.182. The molecule has 7 heteroatoms. The number of aliphatic hydroxyl groups excluding tert-OH is 1. The van der Waals surface area contributed by atoms with Gasteiger partial charge in [0.25, 0.3) is 0 Å². The average Bonchev–Trinajstić information content (AvgIpc) is 3.18. The Labute approximate surface area is 182 Å². The van der Waals surface area contributed by atoms with Crippen molar-refractivity contribution in [3.8, 4) is 28.6 Å². The average molecular weight is 424 g/mol. The van der Waals surface area contributed by atoms with Crippen LogP contribution in [0.4, 0.5) is 0 Å². The summed E-state index contributed by atoms with van der Waals surface area (Å²) in [5.41, 5.74) is 3.91. The summed E-state index contributed by atoms with van der Waals surface area (Å²) in [4.78, 5) is 6.84. The van der Waals surface area contributed by atoms with Gasteiger partial charge in [-0.15, -0.1) is 0 Å². The standard InChI is InChI=1S/C24H29N3O4/c1-16(2)20-11-21(23(30)12-22(20)29)24-25-13-19(15-28)27(24)18-5-3-17(4-6-18)14-26-7-9-31-10-8-26/h3-6,11-13,16,28-30H,7-10,14-15H2,1-2H3. The fourth-order valence-electron chi connectivity index (χ4n) is 3.98. The number of phenols is 2. The molecule has 0 aliphatic carbocycles. The molecule has 3 aromatic rings. The first-order chi connectivity index (χ1) is 15.0. The number of aromatic nitrogens is 2. The van der Waals surface area contributed by atoms with E-state index in [1.54, 1.807) is 12.3 Å². The van der Waals surface area contributed by atoms with Crippen LogP contribution in [0.2, 0.25) is 0 Å². The molecule has 31 heavy (non-hydrogen) atoms. The predicted molar refractivity (Wildman–Crippen MR) is 118 cm³/mol. The molecule has 0 amide bonds. The van der Waals surface area contributed by atoms with Gasteiger partial charge in [-0.05, 0) is 35.2 Å². The van der Waals surface area contributed by atoms with Crippen LogP contribution in [0.3, 0.4) is 0 Å². The van der Waals surface area contributed by atoms with E-state index in [4.69, 9.17) is 4.74 Å². The first kappa shape index (κ1) is 21.4. The van der Waals surface area contributed by atoms with Crippen molar-refractivity contribution in [2.75, 3.05) is 26.3 Å². The zero-order valence-corrected chi connectivity index (χ0v) is 18.0. The molecule has 0 spiro atoms. The van der Waals surface area contributed by atoms with E-state index in [0.29, 0.717) is 17.1 Å². The molecule has 1 saturated heterocycles. The summed E-state index contributed by atoms with van der Waals surface area (Å²) in [7, 11) is 0. The Bertz CT molecular complexity index is 1040. The first-order valence-electron chi connectivity index (χ1n) is 10.6. The lowest BCUT2D eigenvalue weighted by molar-refractivity contribution is 0.0342. The lowest BCUT2D eigenvalue weighted by atomic mass is 9.98. The minimum absolute atomic E-state index is 0.0535. The highest BCUT2D eigenvalue weighted by molar-refractivity contribution is 5.70. The molecule has 1 aliphatic heterocycles. The third-order valence-electron chi connectivity index (χ3n) is 5.71. The summed E-state index contributed by atoms with van der Waals surface area (Å²) in [5, 5.41) is 30.6. The van der Waals surface area contributed by atoms with Crippen molar-refractivity contribution in [1.82, 2.24) is 14.5 Å². The number of imidazole rings is 1. The first-order valence-corrected chi connectivity index (χ1v) is 10.6. The molecule has 1 aromatic heterocycles. The van der Waals surface area contributed by atoms with Crippen LogP contribution in [0.15, 0.2) is 42.6 Å². The number of aromatic hydroxyl groups is 2. The van der Waals surface area contributed by atoms with E-state index in [2.05, 4.69) is 22.0 Å². The van der Waals surface area contributed by atoms with Crippen molar-refractivity contribution in [3.63, 3.8) is 0 Å². The SMILES string of the molecule is CC(C)c1cc(-c2ncc(CO)n2-c2ccc(CN3CCOCC3)cc2)c(O)cc1O. The Morgan fingerprint density at radius 1 is 1.03 bits per heavy atom. The molecule has 2 heterocycles. The van der Waals surface area contributed by atoms with Gasteiger partial charge in [0.2, 0.25) is 0 Å². The van der Waals surface area contributed by atoms with Crippen LogP contribution in [-0.4, -0.2) is 56.1 Å². The molecule has 0 bridgehead atoms. The Balaban J connectivity index is 1.70. The molecule has 7 nitrogen and oxygen atoms in total. The Hall–Kier alpha value is -2.87. The number of aliphatic hydroxyl groups is 1. The van der Waals surface area contributed by atoms with Crippen LogP contribution < -0.4 is 0 Å². The molecule has 4 rings (SSSR count). The molecule has 1 aliphatic rings. The lowest BCUT2D eigenvalue weighted by Crippen LogP contribution is -2.35. The molecule has 0 atom stereocenters. The molecule has 0 radical (unpaired) electrons. The predicted octanol–water partition coefficient (Wildman–Crippen LogP) is 3.40. The van der Waals surface area contributed by atoms with Crippen molar-refractivity contribution < 1.29 is 20.1 Å². The van der Waals surface area contributed by atoms with Crippen LogP contribution in [0.25, 0.3) is 17.1 Å². The van der Waals surface area contributed by atoms with E-state index >= 15 is 0 Å². The molecule has 3 N–H and O–H groups in total. The van der Waals surface area contributed by atoms with E-state index < -0.39 is 0 Å². The maximum absolute atomic E-state index is 10.5. The second kappa shape index (κ2) is 9.09. The highest BCUT2D eigenvalue weighted by Crippen LogP contribution is 2.38. The van der Waals surface area contributed by atoms with Gasteiger partial charge in [-0.3, -0.25) is 9.47 Å². The maximum Gasteiger partial charge on any atom is 0.148 e. The number of ether oxygens (including phenoxy) is 1.